The van der Waals surface area contributed by atoms with Gasteiger partial charge in [0.05, 0.1) is 0 Å². The van der Waals surface area contributed by atoms with Gasteiger partial charge in [0.2, 0.25) is 0 Å². The van der Waals surface area contributed by atoms with E-state index in [1.807, 2.05) is 6.33 Å². The number of hydrogen-bond donors (Lipinski definition) is 1. The second-order valence-electron chi connectivity index (χ2n) is 8.06. The average molecular weight is 488 g/mol. The van der Waals surface area contributed by atoms with Gasteiger partial charge in [-0.1, -0.05) is 33.1 Å². The number of aryl methyl sites for hydroxylation is 1. The lowest BCUT2D eigenvalue weighted by molar-refractivity contribution is 0.271. The maximum atomic E-state index is 5.05. The number of nitrogens with one attached hydrogen (secondary N) is 1. The van der Waals surface area contributed by atoms with Crippen molar-refractivity contribution in [3.63, 3.8) is 0 Å². The molecule has 1 aliphatic carbocycles. The lowest BCUT2D eigenvalue weighted by Crippen LogP contribution is -2.46. The summed E-state index contributed by atoms with van der Waals surface area (Å²) in [5, 5.41) is 11.8. The van der Waals surface area contributed by atoms with E-state index in [4.69, 9.17) is 4.99 Å². The Hall–Kier alpha value is -0.860. The molecular formula is C20H37IN6. The number of aliphatic imine (C=N–C) groups is 1. The second-order valence-corrected chi connectivity index (χ2v) is 8.06. The van der Waals surface area contributed by atoms with Crippen LogP contribution in [-0.2, 0) is 13.0 Å². The smallest absolute Gasteiger partial charge is 0.193 e. The zero-order valence-electron chi connectivity index (χ0n) is 17.1. The van der Waals surface area contributed by atoms with E-state index in [0.717, 1.165) is 62.8 Å². The number of likely N-dealkylation sites (tertiary alicyclic amines) is 1. The molecule has 0 unspecified atom stereocenters. The number of rotatable bonds is 6. The standard InChI is InChI=1S/C20H36N6.HI/c1-3-19-24-23-16-26(19)14-11-21-20(25-12-9-17(2)10-13-25)22-15-18-7-5-4-6-8-18;/h16-18H,3-15H2,1-2H3,(H,21,22);1H. The summed E-state index contributed by atoms with van der Waals surface area (Å²) in [7, 11) is 0. The molecule has 1 aromatic heterocycles. The third-order valence-corrected chi connectivity index (χ3v) is 5.95. The van der Waals surface area contributed by atoms with Gasteiger partial charge in [-0.3, -0.25) is 4.99 Å². The van der Waals surface area contributed by atoms with Gasteiger partial charge in [0.1, 0.15) is 12.2 Å². The molecule has 6 nitrogen and oxygen atoms in total. The highest BCUT2D eigenvalue weighted by Crippen LogP contribution is 2.24. The van der Waals surface area contributed by atoms with Crippen LogP contribution >= 0.6 is 24.0 Å². The van der Waals surface area contributed by atoms with Crippen LogP contribution in [0.2, 0.25) is 0 Å². The molecule has 3 rings (SSSR count). The first-order chi connectivity index (χ1) is 12.8. The molecular weight excluding hydrogens is 451 g/mol. The van der Waals surface area contributed by atoms with Gasteiger partial charge in [-0.05, 0) is 37.5 Å². The molecule has 7 heteroatoms. The van der Waals surface area contributed by atoms with Crippen LogP contribution in [0.25, 0.3) is 0 Å². The van der Waals surface area contributed by atoms with Gasteiger partial charge in [-0.25, -0.2) is 0 Å². The Morgan fingerprint density at radius 3 is 2.63 bits per heavy atom. The minimum Gasteiger partial charge on any atom is -0.354 e. The molecule has 0 aromatic carbocycles. The molecule has 154 valence electrons. The van der Waals surface area contributed by atoms with E-state index in [1.54, 1.807) is 0 Å². The number of aromatic nitrogens is 3. The second kappa shape index (κ2) is 11.9. The molecule has 0 spiro atoms. The average Bonchev–Trinajstić information content (AvgIpc) is 3.13. The minimum absolute atomic E-state index is 0. The maximum absolute atomic E-state index is 5.05. The van der Waals surface area contributed by atoms with Crippen molar-refractivity contribution in [2.45, 2.75) is 71.8 Å². The summed E-state index contributed by atoms with van der Waals surface area (Å²) >= 11 is 0. The Balaban J connectivity index is 0.00000261. The SMILES string of the molecule is CCc1nncn1CCNC(=NCC1CCCCC1)N1CCC(C)CC1.I. The molecule has 2 aliphatic rings. The molecule has 0 amide bonds. The molecule has 1 saturated heterocycles. The maximum Gasteiger partial charge on any atom is 0.193 e. The monoisotopic (exact) mass is 488 g/mol. The Kier molecular flexibility index (Phi) is 9.86. The minimum atomic E-state index is 0. The molecule has 0 atom stereocenters. The molecule has 27 heavy (non-hydrogen) atoms. The van der Waals surface area contributed by atoms with Crippen molar-refractivity contribution in [3.05, 3.63) is 12.2 Å². The van der Waals surface area contributed by atoms with Gasteiger partial charge in [-0.2, -0.15) is 0 Å². The van der Waals surface area contributed by atoms with Crippen molar-refractivity contribution in [2.75, 3.05) is 26.2 Å². The van der Waals surface area contributed by atoms with Crippen LogP contribution in [0.15, 0.2) is 11.3 Å². The first-order valence-electron chi connectivity index (χ1n) is 10.7. The molecule has 2 heterocycles. The van der Waals surface area contributed by atoms with Crippen LogP contribution < -0.4 is 5.32 Å². The van der Waals surface area contributed by atoms with E-state index in [0.29, 0.717) is 0 Å². The number of piperidine rings is 1. The first kappa shape index (κ1) is 22.4. The highest BCUT2D eigenvalue weighted by molar-refractivity contribution is 14.0. The summed E-state index contributed by atoms with van der Waals surface area (Å²) in [6, 6.07) is 0. The van der Waals surface area contributed by atoms with Gasteiger partial charge < -0.3 is 14.8 Å². The highest BCUT2D eigenvalue weighted by atomic mass is 127. The predicted molar refractivity (Wildman–Crippen MR) is 122 cm³/mol. The molecule has 2 fully saturated rings. The number of nitrogens with zero attached hydrogens (tertiary/aromatic N) is 5. The van der Waals surface area contributed by atoms with E-state index >= 15 is 0 Å². The van der Waals surface area contributed by atoms with E-state index < -0.39 is 0 Å². The summed E-state index contributed by atoms with van der Waals surface area (Å²) in [6.45, 7) is 9.50. The number of hydrogen-bond acceptors (Lipinski definition) is 3. The van der Waals surface area contributed by atoms with Crippen LogP contribution in [-0.4, -0.2) is 51.8 Å². The molecule has 1 aliphatic heterocycles. The Morgan fingerprint density at radius 2 is 1.93 bits per heavy atom. The van der Waals surface area contributed by atoms with Gasteiger partial charge in [0.15, 0.2) is 5.96 Å². The van der Waals surface area contributed by atoms with Crippen molar-refractivity contribution < 1.29 is 0 Å². The quantitative estimate of drug-likeness (QED) is 0.377. The number of guanidine groups is 1. The molecule has 1 N–H and O–H groups in total. The topological polar surface area (TPSA) is 58.3 Å². The molecule has 0 radical (unpaired) electrons. The first-order valence-corrected chi connectivity index (χ1v) is 10.7. The van der Waals surface area contributed by atoms with E-state index in [9.17, 15) is 0 Å². The van der Waals surface area contributed by atoms with Crippen molar-refractivity contribution in [2.24, 2.45) is 16.8 Å². The summed E-state index contributed by atoms with van der Waals surface area (Å²) < 4.78 is 2.14. The lowest BCUT2D eigenvalue weighted by Gasteiger charge is -2.33. The Morgan fingerprint density at radius 1 is 1.19 bits per heavy atom. The fourth-order valence-electron chi connectivity index (χ4n) is 4.10. The molecule has 0 bridgehead atoms. The Labute approximate surface area is 181 Å². The normalized spacial score (nSPS) is 19.8. The van der Waals surface area contributed by atoms with Crippen molar-refractivity contribution in [1.29, 1.82) is 0 Å². The highest BCUT2D eigenvalue weighted by Gasteiger charge is 2.20. The van der Waals surface area contributed by atoms with Gasteiger partial charge in [-0.15, -0.1) is 34.2 Å². The van der Waals surface area contributed by atoms with Gasteiger partial charge in [0, 0.05) is 39.1 Å². The molecule has 1 aromatic rings. The van der Waals surface area contributed by atoms with E-state index in [-0.39, 0.29) is 24.0 Å². The van der Waals surface area contributed by atoms with Crippen molar-refractivity contribution in [3.8, 4) is 0 Å². The van der Waals surface area contributed by atoms with Crippen molar-refractivity contribution >= 4 is 29.9 Å². The van der Waals surface area contributed by atoms with Crippen LogP contribution in [0.1, 0.15) is 64.6 Å². The number of halogens is 1. The van der Waals surface area contributed by atoms with Crippen LogP contribution in [0.4, 0.5) is 0 Å². The molecule has 1 saturated carbocycles. The van der Waals surface area contributed by atoms with E-state index in [2.05, 4.69) is 38.8 Å². The zero-order valence-corrected chi connectivity index (χ0v) is 19.4. The predicted octanol–water partition coefficient (Wildman–Crippen LogP) is 3.72. The van der Waals surface area contributed by atoms with Crippen LogP contribution in [0.3, 0.4) is 0 Å². The summed E-state index contributed by atoms with van der Waals surface area (Å²) in [4.78, 5) is 7.52. The van der Waals surface area contributed by atoms with Crippen molar-refractivity contribution in [1.82, 2.24) is 25.0 Å². The Bertz CT molecular complexity index is 559. The lowest BCUT2D eigenvalue weighted by atomic mass is 9.89. The largest absolute Gasteiger partial charge is 0.354 e. The summed E-state index contributed by atoms with van der Waals surface area (Å²) in [6.07, 6.45) is 12.2. The van der Waals surface area contributed by atoms with Crippen LogP contribution in [0, 0.1) is 11.8 Å². The fourth-order valence-corrected chi connectivity index (χ4v) is 4.10. The van der Waals surface area contributed by atoms with E-state index in [1.165, 1.54) is 44.9 Å². The third kappa shape index (κ3) is 6.91. The summed E-state index contributed by atoms with van der Waals surface area (Å²) in [5.41, 5.74) is 0. The van der Waals surface area contributed by atoms with Gasteiger partial charge in [0.25, 0.3) is 0 Å². The van der Waals surface area contributed by atoms with Crippen LogP contribution in [0.5, 0.6) is 0 Å². The summed E-state index contributed by atoms with van der Waals surface area (Å²) in [5.74, 6) is 3.80. The fraction of sp³-hybridized carbons (Fsp3) is 0.850. The third-order valence-electron chi connectivity index (χ3n) is 5.95. The zero-order chi connectivity index (χ0) is 18.2. The van der Waals surface area contributed by atoms with Gasteiger partial charge >= 0.3 is 0 Å².